The van der Waals surface area contributed by atoms with E-state index >= 15 is 0 Å². The van der Waals surface area contributed by atoms with Crippen LogP contribution in [-0.4, -0.2) is 72.5 Å². The van der Waals surface area contributed by atoms with Crippen LogP contribution in [0.3, 0.4) is 0 Å². The molecule has 7 nitrogen and oxygen atoms in total. The summed E-state index contributed by atoms with van der Waals surface area (Å²) in [6, 6.07) is 1.73. The minimum Gasteiger partial charge on any atom is -0.377 e. The van der Waals surface area contributed by atoms with Crippen molar-refractivity contribution in [2.24, 2.45) is 5.92 Å². The van der Waals surface area contributed by atoms with Crippen LogP contribution in [0.2, 0.25) is 12.1 Å². The number of epoxide rings is 1. The molecule has 0 amide bonds. The first-order chi connectivity index (χ1) is 12.0. The van der Waals surface area contributed by atoms with E-state index in [-0.39, 0.29) is 0 Å². The van der Waals surface area contributed by atoms with Crippen molar-refractivity contribution in [1.29, 1.82) is 0 Å². The molecule has 1 aliphatic heterocycles. The molecule has 1 aliphatic carbocycles. The first-order valence-electron chi connectivity index (χ1n) is 8.93. The lowest BCUT2D eigenvalue weighted by molar-refractivity contribution is 0.120. The Labute approximate surface area is 155 Å². The third kappa shape index (κ3) is 6.67. The van der Waals surface area contributed by atoms with Gasteiger partial charge >= 0.3 is 17.6 Å². The van der Waals surface area contributed by atoms with Crippen LogP contribution in [0.1, 0.15) is 32.6 Å². The fraction of sp³-hybridized carbons (Fsp3) is 1.00. The molecule has 1 saturated heterocycles. The van der Waals surface area contributed by atoms with Crippen LogP contribution in [0.25, 0.3) is 0 Å². The standard InChI is InChI=1S/C11H22O4Si.C5H14O3Si/c1-12-16(13-2,14-3)7-6-9-4-5-10-11(8-9)15-10;1-5-9(6-2,7-3)8-4/h9-11H,4-8H2,1-3H3;5H2,1-4H3. The van der Waals surface area contributed by atoms with Gasteiger partial charge in [-0.3, -0.25) is 0 Å². The molecule has 0 aromatic heterocycles. The monoisotopic (exact) mass is 396 g/mol. The predicted octanol–water partition coefficient (Wildman–Crippen LogP) is 2.71. The van der Waals surface area contributed by atoms with E-state index in [4.69, 9.17) is 31.3 Å². The maximum absolute atomic E-state index is 5.54. The van der Waals surface area contributed by atoms with Gasteiger partial charge in [-0.2, -0.15) is 0 Å². The van der Waals surface area contributed by atoms with Gasteiger partial charge in [0.1, 0.15) is 0 Å². The average Bonchev–Trinajstić information content (AvgIpc) is 3.45. The van der Waals surface area contributed by atoms with Gasteiger partial charge in [-0.15, -0.1) is 0 Å². The van der Waals surface area contributed by atoms with Crippen LogP contribution in [0.4, 0.5) is 0 Å². The summed E-state index contributed by atoms with van der Waals surface area (Å²) in [4.78, 5) is 0. The molecule has 0 spiro atoms. The molecule has 9 heteroatoms. The third-order valence-corrected chi connectivity index (χ3v) is 10.8. The zero-order valence-electron chi connectivity index (χ0n) is 16.8. The molecule has 0 N–H and O–H groups in total. The van der Waals surface area contributed by atoms with Crippen molar-refractivity contribution in [3.63, 3.8) is 0 Å². The number of ether oxygens (including phenoxy) is 1. The molecule has 1 heterocycles. The minimum atomic E-state index is -2.35. The van der Waals surface area contributed by atoms with Crippen molar-refractivity contribution in [3.8, 4) is 0 Å². The summed E-state index contributed by atoms with van der Waals surface area (Å²) >= 11 is 0. The number of rotatable bonds is 10. The maximum Gasteiger partial charge on any atom is 0.500 e. The van der Waals surface area contributed by atoms with E-state index in [0.29, 0.717) is 12.2 Å². The Bertz CT molecular complexity index is 339. The largest absolute Gasteiger partial charge is 0.500 e. The summed E-state index contributed by atoms with van der Waals surface area (Å²) in [5, 5.41) is 0. The van der Waals surface area contributed by atoms with E-state index in [1.54, 1.807) is 42.7 Å². The summed E-state index contributed by atoms with van der Waals surface area (Å²) < 4.78 is 37.1. The molecule has 3 unspecified atom stereocenters. The smallest absolute Gasteiger partial charge is 0.377 e. The van der Waals surface area contributed by atoms with Gasteiger partial charge in [-0.1, -0.05) is 6.92 Å². The number of hydrogen-bond donors (Lipinski definition) is 0. The molecule has 0 radical (unpaired) electrons. The van der Waals surface area contributed by atoms with E-state index < -0.39 is 17.6 Å². The van der Waals surface area contributed by atoms with Gasteiger partial charge < -0.3 is 31.3 Å². The summed E-state index contributed by atoms with van der Waals surface area (Å²) in [5.74, 6) is 0.760. The Kier molecular flexibility index (Phi) is 10.3. The molecule has 2 aliphatic rings. The highest BCUT2D eigenvalue weighted by Gasteiger charge is 2.45. The van der Waals surface area contributed by atoms with E-state index in [2.05, 4.69) is 0 Å². The van der Waals surface area contributed by atoms with Crippen LogP contribution in [0.15, 0.2) is 0 Å². The highest BCUT2D eigenvalue weighted by molar-refractivity contribution is 6.60. The van der Waals surface area contributed by atoms with Crippen LogP contribution in [0, 0.1) is 5.92 Å². The summed E-state index contributed by atoms with van der Waals surface area (Å²) in [6.45, 7) is 1.99. The first-order valence-corrected chi connectivity index (χ1v) is 12.8. The fourth-order valence-electron chi connectivity index (χ4n) is 3.37. The van der Waals surface area contributed by atoms with E-state index in [1.807, 2.05) is 6.92 Å². The van der Waals surface area contributed by atoms with Gasteiger partial charge in [0.2, 0.25) is 0 Å². The fourth-order valence-corrected chi connectivity index (χ4v) is 6.61. The van der Waals surface area contributed by atoms with Crippen molar-refractivity contribution >= 4 is 17.6 Å². The van der Waals surface area contributed by atoms with Gasteiger partial charge in [0, 0.05) is 54.7 Å². The van der Waals surface area contributed by atoms with Crippen LogP contribution in [-0.2, 0) is 31.3 Å². The molecule has 0 aromatic carbocycles. The van der Waals surface area contributed by atoms with E-state index in [9.17, 15) is 0 Å². The van der Waals surface area contributed by atoms with Gasteiger partial charge in [0.25, 0.3) is 0 Å². The quantitative estimate of drug-likeness (QED) is 0.415. The highest BCUT2D eigenvalue weighted by atomic mass is 28.4. The summed E-state index contributed by atoms with van der Waals surface area (Å²) in [6.07, 6.45) is 6.01. The Balaban J connectivity index is 0.000000299. The normalized spacial score (nSPS) is 25.8. The Morgan fingerprint density at radius 3 is 1.64 bits per heavy atom. The lowest BCUT2D eigenvalue weighted by Crippen LogP contribution is -2.43. The highest BCUT2D eigenvalue weighted by Crippen LogP contribution is 2.41. The second-order valence-electron chi connectivity index (χ2n) is 6.38. The third-order valence-electron chi connectivity index (χ3n) is 5.27. The molecule has 0 bridgehead atoms. The first kappa shape index (κ1) is 23.2. The lowest BCUT2D eigenvalue weighted by atomic mass is 9.88. The zero-order valence-corrected chi connectivity index (χ0v) is 18.8. The summed E-state index contributed by atoms with van der Waals surface area (Å²) in [5.41, 5.74) is 0. The number of fused-ring (bicyclic) bond motifs is 1. The molecular weight excluding hydrogens is 360 g/mol. The van der Waals surface area contributed by atoms with Gasteiger partial charge in [0.15, 0.2) is 0 Å². The molecule has 2 rings (SSSR count). The average molecular weight is 397 g/mol. The van der Waals surface area contributed by atoms with Gasteiger partial charge in [0.05, 0.1) is 12.2 Å². The molecule has 25 heavy (non-hydrogen) atoms. The second-order valence-corrected chi connectivity index (χ2v) is 12.8. The van der Waals surface area contributed by atoms with Crippen molar-refractivity contribution in [1.82, 2.24) is 0 Å². The molecule has 0 aromatic rings. The number of hydrogen-bond acceptors (Lipinski definition) is 7. The van der Waals surface area contributed by atoms with Crippen molar-refractivity contribution < 1.29 is 31.3 Å². The minimum absolute atomic E-state index is 0.558. The van der Waals surface area contributed by atoms with Gasteiger partial charge in [-0.05, 0) is 31.6 Å². The van der Waals surface area contributed by atoms with E-state index in [0.717, 1.165) is 24.4 Å². The molecule has 1 saturated carbocycles. The second kappa shape index (κ2) is 11.1. The van der Waals surface area contributed by atoms with Crippen LogP contribution >= 0.6 is 0 Å². The van der Waals surface area contributed by atoms with Crippen molar-refractivity contribution in [2.75, 3.05) is 42.7 Å². The summed E-state index contributed by atoms with van der Waals surface area (Å²) in [7, 11) is 5.34. The van der Waals surface area contributed by atoms with Crippen LogP contribution < -0.4 is 0 Å². The topological polar surface area (TPSA) is 67.9 Å². The van der Waals surface area contributed by atoms with Crippen LogP contribution in [0.5, 0.6) is 0 Å². The Morgan fingerprint density at radius 1 is 0.760 bits per heavy atom. The lowest BCUT2D eigenvalue weighted by Gasteiger charge is -2.27. The Hall–Kier alpha value is 0.154. The SMILES string of the molecule is CC[Si](OC)(OC)OC.CO[Si](CCC1CCC2OC2C1)(OC)OC. The van der Waals surface area contributed by atoms with Crippen molar-refractivity contribution in [2.45, 2.75) is 56.9 Å². The molecule has 3 atom stereocenters. The van der Waals surface area contributed by atoms with E-state index in [1.165, 1.54) is 19.3 Å². The van der Waals surface area contributed by atoms with Gasteiger partial charge in [-0.25, -0.2) is 0 Å². The molecule has 2 fully saturated rings. The molecule has 150 valence electrons. The Morgan fingerprint density at radius 2 is 1.28 bits per heavy atom. The zero-order chi connectivity index (χ0) is 18.9. The molecular formula is C16H36O7Si2. The van der Waals surface area contributed by atoms with Crippen molar-refractivity contribution in [3.05, 3.63) is 0 Å². The maximum atomic E-state index is 5.54. The predicted molar refractivity (Wildman–Crippen MR) is 99.5 cm³/mol.